The van der Waals surface area contributed by atoms with Gasteiger partial charge in [-0.15, -0.1) is 0 Å². The highest BCUT2D eigenvalue weighted by atomic mass is 35.5. The number of non-ortho nitro benzene ring substituents is 1. The van der Waals surface area contributed by atoms with Crippen LogP contribution in [0.3, 0.4) is 0 Å². The van der Waals surface area contributed by atoms with Gasteiger partial charge in [-0.1, -0.05) is 17.7 Å². The van der Waals surface area contributed by atoms with E-state index in [1.807, 2.05) is 0 Å². The van der Waals surface area contributed by atoms with Crippen LogP contribution in [0.15, 0.2) is 42.5 Å². The molecule has 2 rings (SSSR count). The summed E-state index contributed by atoms with van der Waals surface area (Å²) in [5.41, 5.74) is 0.573. The summed E-state index contributed by atoms with van der Waals surface area (Å²) in [5.74, 6) is 0.853. The van der Waals surface area contributed by atoms with E-state index in [2.05, 4.69) is 0 Å². The van der Waals surface area contributed by atoms with Gasteiger partial charge < -0.3 is 9.84 Å². The molecule has 0 radical (unpaired) electrons. The number of hydrogen-bond donors (Lipinski definition) is 1. The van der Waals surface area contributed by atoms with E-state index in [-0.39, 0.29) is 12.3 Å². The molecule has 0 unspecified atom stereocenters. The van der Waals surface area contributed by atoms with Crippen LogP contribution in [0.25, 0.3) is 0 Å². The molecule has 6 heteroatoms. The summed E-state index contributed by atoms with van der Waals surface area (Å²) in [4.78, 5) is 10.0. The standard InChI is InChI=1S/C13H10ClNO4/c14-10-2-1-9(8-16)13(7-10)19-12-5-3-11(4-6-12)15(17)18/h1-7,16H,8H2. The summed E-state index contributed by atoms with van der Waals surface area (Å²) in [5, 5.41) is 20.2. The molecule has 98 valence electrons. The summed E-state index contributed by atoms with van der Waals surface area (Å²) in [6, 6.07) is 10.5. The smallest absolute Gasteiger partial charge is 0.269 e. The Morgan fingerprint density at radius 2 is 1.89 bits per heavy atom. The molecule has 0 amide bonds. The first-order valence-electron chi connectivity index (χ1n) is 5.42. The Kier molecular flexibility index (Phi) is 3.99. The Morgan fingerprint density at radius 1 is 1.21 bits per heavy atom. The second-order valence-electron chi connectivity index (χ2n) is 3.76. The fraction of sp³-hybridized carbons (Fsp3) is 0.0769. The third-order valence-electron chi connectivity index (χ3n) is 2.47. The van der Waals surface area contributed by atoms with Crippen molar-refractivity contribution >= 4 is 17.3 Å². The van der Waals surface area contributed by atoms with Crippen LogP contribution in [0.1, 0.15) is 5.56 Å². The molecule has 2 aromatic carbocycles. The second-order valence-corrected chi connectivity index (χ2v) is 4.20. The number of nitro benzene ring substituents is 1. The minimum Gasteiger partial charge on any atom is -0.457 e. The number of halogens is 1. The van der Waals surface area contributed by atoms with Crippen LogP contribution >= 0.6 is 11.6 Å². The lowest BCUT2D eigenvalue weighted by Crippen LogP contribution is -1.92. The van der Waals surface area contributed by atoms with Crippen molar-refractivity contribution in [2.24, 2.45) is 0 Å². The molecule has 1 N–H and O–H groups in total. The fourth-order valence-electron chi connectivity index (χ4n) is 1.52. The average Bonchev–Trinajstić information content (AvgIpc) is 2.39. The molecular formula is C13H10ClNO4. The lowest BCUT2D eigenvalue weighted by Gasteiger charge is -2.09. The zero-order valence-electron chi connectivity index (χ0n) is 9.75. The van der Waals surface area contributed by atoms with Gasteiger partial charge in [-0.05, 0) is 24.3 Å². The zero-order chi connectivity index (χ0) is 13.8. The van der Waals surface area contributed by atoms with Gasteiger partial charge in [-0.25, -0.2) is 0 Å². The van der Waals surface area contributed by atoms with Crippen molar-refractivity contribution < 1.29 is 14.8 Å². The number of aliphatic hydroxyl groups is 1. The predicted octanol–water partition coefficient (Wildman–Crippen LogP) is 3.53. The molecule has 0 spiro atoms. The molecule has 19 heavy (non-hydrogen) atoms. The molecular weight excluding hydrogens is 270 g/mol. The first-order chi connectivity index (χ1) is 9.10. The topological polar surface area (TPSA) is 72.6 Å². The Labute approximate surface area is 114 Å². The maximum absolute atomic E-state index is 10.5. The number of hydrogen-bond acceptors (Lipinski definition) is 4. The number of ether oxygens (including phenoxy) is 1. The van der Waals surface area contributed by atoms with E-state index in [1.165, 1.54) is 24.3 Å². The highest BCUT2D eigenvalue weighted by Crippen LogP contribution is 2.29. The molecule has 0 saturated heterocycles. The third-order valence-corrected chi connectivity index (χ3v) is 2.71. The summed E-state index contributed by atoms with van der Waals surface area (Å²) in [7, 11) is 0. The molecule has 0 saturated carbocycles. The van der Waals surface area contributed by atoms with E-state index in [4.69, 9.17) is 16.3 Å². The maximum atomic E-state index is 10.5. The van der Waals surface area contributed by atoms with Crippen molar-refractivity contribution in [3.05, 3.63) is 63.2 Å². The first kappa shape index (κ1) is 13.3. The molecule has 0 aliphatic rings. The van der Waals surface area contributed by atoms with Gasteiger partial charge in [-0.3, -0.25) is 10.1 Å². The van der Waals surface area contributed by atoms with Gasteiger partial charge in [0, 0.05) is 22.7 Å². The Balaban J connectivity index is 2.25. The van der Waals surface area contributed by atoms with Crippen molar-refractivity contribution in [2.45, 2.75) is 6.61 Å². The van der Waals surface area contributed by atoms with Crippen LogP contribution in [0.4, 0.5) is 5.69 Å². The molecule has 0 heterocycles. The van der Waals surface area contributed by atoms with Crippen molar-refractivity contribution in [1.82, 2.24) is 0 Å². The van der Waals surface area contributed by atoms with E-state index >= 15 is 0 Å². The molecule has 2 aromatic rings. The normalized spacial score (nSPS) is 10.2. The summed E-state index contributed by atoms with van der Waals surface area (Å²) < 4.78 is 5.55. The number of rotatable bonds is 4. The second kappa shape index (κ2) is 5.69. The number of nitro groups is 1. The average molecular weight is 280 g/mol. The Hall–Kier alpha value is -2.11. The highest BCUT2D eigenvalue weighted by Gasteiger charge is 2.08. The van der Waals surface area contributed by atoms with E-state index in [0.29, 0.717) is 22.1 Å². The van der Waals surface area contributed by atoms with Crippen molar-refractivity contribution in [1.29, 1.82) is 0 Å². The van der Waals surface area contributed by atoms with E-state index in [1.54, 1.807) is 18.2 Å². The minimum atomic E-state index is -0.484. The van der Waals surface area contributed by atoms with Crippen molar-refractivity contribution in [3.8, 4) is 11.5 Å². The minimum absolute atomic E-state index is 0.0131. The van der Waals surface area contributed by atoms with Gasteiger partial charge in [0.2, 0.25) is 0 Å². The monoisotopic (exact) mass is 279 g/mol. The largest absolute Gasteiger partial charge is 0.457 e. The van der Waals surface area contributed by atoms with Gasteiger partial charge in [0.1, 0.15) is 11.5 Å². The number of aliphatic hydroxyl groups excluding tert-OH is 1. The van der Waals surface area contributed by atoms with Crippen LogP contribution < -0.4 is 4.74 Å². The van der Waals surface area contributed by atoms with E-state index in [0.717, 1.165) is 0 Å². The molecule has 0 fully saturated rings. The molecule has 0 aliphatic heterocycles. The van der Waals surface area contributed by atoms with Crippen LogP contribution in [0.2, 0.25) is 5.02 Å². The molecule has 0 bridgehead atoms. The molecule has 0 aliphatic carbocycles. The van der Waals surface area contributed by atoms with Gasteiger partial charge in [0.05, 0.1) is 11.5 Å². The van der Waals surface area contributed by atoms with Crippen molar-refractivity contribution in [3.63, 3.8) is 0 Å². The Bertz CT molecular complexity index is 598. The first-order valence-corrected chi connectivity index (χ1v) is 5.79. The summed E-state index contributed by atoms with van der Waals surface area (Å²) >= 11 is 5.86. The zero-order valence-corrected chi connectivity index (χ0v) is 10.5. The van der Waals surface area contributed by atoms with Crippen LogP contribution in [-0.2, 0) is 6.61 Å². The molecule has 0 aromatic heterocycles. The van der Waals surface area contributed by atoms with Gasteiger partial charge in [-0.2, -0.15) is 0 Å². The maximum Gasteiger partial charge on any atom is 0.269 e. The summed E-state index contributed by atoms with van der Waals surface area (Å²) in [6.45, 7) is -0.181. The predicted molar refractivity (Wildman–Crippen MR) is 70.5 cm³/mol. The number of benzene rings is 2. The SMILES string of the molecule is O=[N+]([O-])c1ccc(Oc2cc(Cl)ccc2CO)cc1. The van der Waals surface area contributed by atoms with Gasteiger partial charge in [0.25, 0.3) is 5.69 Å². The van der Waals surface area contributed by atoms with Gasteiger partial charge in [0.15, 0.2) is 0 Å². The lowest BCUT2D eigenvalue weighted by atomic mass is 10.2. The molecule has 0 atom stereocenters. The summed E-state index contributed by atoms with van der Waals surface area (Å²) in [6.07, 6.45) is 0. The molecule has 5 nitrogen and oxygen atoms in total. The fourth-order valence-corrected chi connectivity index (χ4v) is 1.68. The van der Waals surface area contributed by atoms with Crippen molar-refractivity contribution in [2.75, 3.05) is 0 Å². The van der Waals surface area contributed by atoms with Gasteiger partial charge >= 0.3 is 0 Å². The number of nitrogens with zero attached hydrogens (tertiary/aromatic N) is 1. The lowest BCUT2D eigenvalue weighted by molar-refractivity contribution is -0.384. The van der Waals surface area contributed by atoms with Crippen LogP contribution in [0, 0.1) is 10.1 Å². The quantitative estimate of drug-likeness (QED) is 0.686. The Morgan fingerprint density at radius 3 is 2.47 bits per heavy atom. The van der Waals surface area contributed by atoms with E-state index in [9.17, 15) is 15.2 Å². The highest BCUT2D eigenvalue weighted by molar-refractivity contribution is 6.30. The third kappa shape index (κ3) is 3.21. The van der Waals surface area contributed by atoms with Crippen LogP contribution in [-0.4, -0.2) is 10.0 Å². The van der Waals surface area contributed by atoms with E-state index < -0.39 is 4.92 Å². The van der Waals surface area contributed by atoms with Crippen LogP contribution in [0.5, 0.6) is 11.5 Å².